The molecule has 0 saturated heterocycles. The molecule has 0 atom stereocenters. The van der Waals surface area contributed by atoms with Gasteiger partial charge in [-0.25, -0.2) is 9.78 Å². The third-order valence-corrected chi connectivity index (χ3v) is 2.22. The maximum absolute atomic E-state index is 10.8. The molecule has 0 aliphatic heterocycles. The summed E-state index contributed by atoms with van der Waals surface area (Å²) in [5.74, 6) is -0.528. The van der Waals surface area contributed by atoms with Gasteiger partial charge >= 0.3 is 5.97 Å². The zero-order chi connectivity index (χ0) is 12.4. The Kier molecular flexibility index (Phi) is 3.10. The van der Waals surface area contributed by atoms with E-state index in [1.165, 1.54) is 12.1 Å². The molecule has 2 rings (SSSR count). The molecule has 17 heavy (non-hydrogen) atoms. The van der Waals surface area contributed by atoms with Gasteiger partial charge in [0.05, 0.1) is 11.7 Å². The number of rotatable bonds is 4. The number of carbonyl (C=O) groups is 1. The van der Waals surface area contributed by atoms with Gasteiger partial charge in [0.1, 0.15) is 12.1 Å². The SMILES string of the molecule is CC(C)OCc1nc2ccc(C(=O)O)cc2o1. The van der Waals surface area contributed by atoms with E-state index < -0.39 is 5.97 Å². The first-order valence-electron chi connectivity index (χ1n) is 5.30. The fourth-order valence-electron chi connectivity index (χ4n) is 1.41. The summed E-state index contributed by atoms with van der Waals surface area (Å²) in [6.45, 7) is 4.13. The average molecular weight is 235 g/mol. The van der Waals surface area contributed by atoms with Gasteiger partial charge in [-0.2, -0.15) is 0 Å². The molecule has 1 heterocycles. The van der Waals surface area contributed by atoms with Gasteiger partial charge < -0.3 is 14.3 Å². The second-order valence-corrected chi connectivity index (χ2v) is 3.96. The van der Waals surface area contributed by atoms with Crippen molar-refractivity contribution in [2.45, 2.75) is 26.6 Å². The highest BCUT2D eigenvalue weighted by Crippen LogP contribution is 2.18. The van der Waals surface area contributed by atoms with Crippen molar-refractivity contribution in [3.8, 4) is 0 Å². The Morgan fingerprint density at radius 1 is 1.53 bits per heavy atom. The highest BCUT2D eigenvalue weighted by atomic mass is 16.5. The molecule has 0 amide bonds. The van der Waals surface area contributed by atoms with Crippen LogP contribution in [-0.4, -0.2) is 22.2 Å². The first kappa shape index (κ1) is 11.6. The predicted molar refractivity (Wildman–Crippen MR) is 60.9 cm³/mol. The lowest BCUT2D eigenvalue weighted by Crippen LogP contribution is -2.02. The molecule has 0 spiro atoms. The Morgan fingerprint density at radius 3 is 2.94 bits per heavy atom. The van der Waals surface area contributed by atoms with E-state index in [0.29, 0.717) is 17.0 Å². The zero-order valence-electron chi connectivity index (χ0n) is 9.64. The van der Waals surface area contributed by atoms with Gasteiger partial charge in [0, 0.05) is 0 Å². The van der Waals surface area contributed by atoms with E-state index in [2.05, 4.69) is 4.98 Å². The topological polar surface area (TPSA) is 72.6 Å². The summed E-state index contributed by atoms with van der Waals surface area (Å²) in [7, 11) is 0. The van der Waals surface area contributed by atoms with Gasteiger partial charge in [-0.1, -0.05) is 0 Å². The van der Waals surface area contributed by atoms with Crippen molar-refractivity contribution < 1.29 is 19.1 Å². The Hall–Kier alpha value is -1.88. The van der Waals surface area contributed by atoms with Crippen LogP contribution < -0.4 is 0 Å². The Balaban J connectivity index is 2.27. The summed E-state index contributed by atoms with van der Waals surface area (Å²) < 4.78 is 10.8. The second-order valence-electron chi connectivity index (χ2n) is 3.96. The minimum absolute atomic E-state index is 0.0968. The van der Waals surface area contributed by atoms with E-state index in [-0.39, 0.29) is 18.3 Å². The van der Waals surface area contributed by atoms with E-state index in [9.17, 15) is 4.79 Å². The van der Waals surface area contributed by atoms with Crippen molar-refractivity contribution in [1.82, 2.24) is 4.98 Å². The summed E-state index contributed by atoms with van der Waals surface area (Å²) >= 11 is 0. The van der Waals surface area contributed by atoms with Gasteiger partial charge in [0.15, 0.2) is 5.58 Å². The van der Waals surface area contributed by atoms with Gasteiger partial charge in [0.25, 0.3) is 0 Å². The van der Waals surface area contributed by atoms with Crippen molar-refractivity contribution in [3.05, 3.63) is 29.7 Å². The number of fused-ring (bicyclic) bond motifs is 1. The summed E-state index contributed by atoms with van der Waals surface area (Å²) in [5.41, 5.74) is 1.29. The average Bonchev–Trinajstić information content (AvgIpc) is 2.67. The highest BCUT2D eigenvalue weighted by Gasteiger charge is 2.10. The van der Waals surface area contributed by atoms with Gasteiger partial charge in [-0.3, -0.25) is 0 Å². The van der Waals surface area contributed by atoms with Crippen molar-refractivity contribution in [2.75, 3.05) is 0 Å². The monoisotopic (exact) mass is 235 g/mol. The molecular weight excluding hydrogens is 222 g/mol. The molecule has 0 aliphatic carbocycles. The molecule has 0 bridgehead atoms. The lowest BCUT2D eigenvalue weighted by atomic mass is 10.2. The summed E-state index contributed by atoms with van der Waals surface area (Å²) in [6.07, 6.45) is 0.0968. The molecule has 0 unspecified atom stereocenters. The first-order valence-corrected chi connectivity index (χ1v) is 5.30. The van der Waals surface area contributed by atoms with E-state index >= 15 is 0 Å². The van der Waals surface area contributed by atoms with Crippen LogP contribution in [0.25, 0.3) is 11.1 Å². The molecule has 90 valence electrons. The van der Waals surface area contributed by atoms with Gasteiger partial charge in [-0.15, -0.1) is 0 Å². The number of aromatic carboxylic acids is 1. The Morgan fingerprint density at radius 2 is 2.29 bits per heavy atom. The number of hydrogen-bond acceptors (Lipinski definition) is 4. The largest absolute Gasteiger partial charge is 0.478 e. The number of nitrogens with zero attached hydrogens (tertiary/aromatic N) is 1. The Labute approximate surface area is 98.0 Å². The molecule has 5 heteroatoms. The maximum Gasteiger partial charge on any atom is 0.335 e. The van der Waals surface area contributed by atoms with Crippen LogP contribution in [0.2, 0.25) is 0 Å². The van der Waals surface area contributed by atoms with E-state index in [1.807, 2.05) is 13.8 Å². The second kappa shape index (κ2) is 4.55. The lowest BCUT2D eigenvalue weighted by Gasteiger charge is -2.02. The molecule has 0 saturated carbocycles. The molecule has 0 fully saturated rings. The number of carboxylic acids is 1. The highest BCUT2D eigenvalue weighted by molar-refractivity contribution is 5.91. The minimum atomic E-state index is -0.983. The van der Waals surface area contributed by atoms with Crippen molar-refractivity contribution in [1.29, 1.82) is 0 Å². The molecule has 0 radical (unpaired) electrons. The molecule has 0 aliphatic rings. The van der Waals surface area contributed by atoms with Gasteiger partial charge in [0.2, 0.25) is 5.89 Å². The fraction of sp³-hybridized carbons (Fsp3) is 0.333. The number of aromatic nitrogens is 1. The molecule has 1 N–H and O–H groups in total. The predicted octanol–water partition coefficient (Wildman–Crippen LogP) is 2.45. The van der Waals surface area contributed by atoms with Crippen molar-refractivity contribution >= 4 is 17.1 Å². The number of carboxylic acid groups (broad SMARTS) is 1. The fourth-order valence-corrected chi connectivity index (χ4v) is 1.41. The molecule has 2 aromatic rings. The van der Waals surface area contributed by atoms with Crippen LogP contribution >= 0.6 is 0 Å². The van der Waals surface area contributed by atoms with Crippen LogP contribution in [0.3, 0.4) is 0 Å². The summed E-state index contributed by atoms with van der Waals surface area (Å²) in [5, 5.41) is 8.84. The zero-order valence-corrected chi connectivity index (χ0v) is 9.64. The van der Waals surface area contributed by atoms with Crippen LogP contribution in [-0.2, 0) is 11.3 Å². The quantitative estimate of drug-likeness (QED) is 0.881. The van der Waals surface area contributed by atoms with E-state index in [4.69, 9.17) is 14.3 Å². The van der Waals surface area contributed by atoms with Crippen LogP contribution in [0.4, 0.5) is 0 Å². The minimum Gasteiger partial charge on any atom is -0.478 e. The molecule has 5 nitrogen and oxygen atoms in total. The molecule has 1 aromatic carbocycles. The maximum atomic E-state index is 10.8. The summed E-state index contributed by atoms with van der Waals surface area (Å²) in [4.78, 5) is 15.0. The van der Waals surface area contributed by atoms with Crippen molar-refractivity contribution in [2.24, 2.45) is 0 Å². The van der Waals surface area contributed by atoms with Crippen LogP contribution in [0.1, 0.15) is 30.1 Å². The first-order chi connectivity index (χ1) is 8.06. The number of benzene rings is 1. The third-order valence-electron chi connectivity index (χ3n) is 2.22. The Bertz CT molecular complexity index is 544. The third kappa shape index (κ3) is 2.62. The van der Waals surface area contributed by atoms with Crippen LogP contribution in [0, 0.1) is 0 Å². The lowest BCUT2D eigenvalue weighted by molar-refractivity contribution is 0.0526. The molecule has 1 aromatic heterocycles. The van der Waals surface area contributed by atoms with E-state index in [0.717, 1.165) is 0 Å². The van der Waals surface area contributed by atoms with Crippen LogP contribution in [0.5, 0.6) is 0 Å². The number of oxazole rings is 1. The number of ether oxygens (including phenoxy) is 1. The van der Waals surface area contributed by atoms with Crippen molar-refractivity contribution in [3.63, 3.8) is 0 Å². The van der Waals surface area contributed by atoms with Crippen LogP contribution in [0.15, 0.2) is 22.6 Å². The standard InChI is InChI=1S/C12H13NO4/c1-7(2)16-6-11-13-9-4-3-8(12(14)15)5-10(9)17-11/h3-5,7H,6H2,1-2H3,(H,14,15). The normalized spacial score (nSPS) is 11.2. The van der Waals surface area contributed by atoms with Gasteiger partial charge in [-0.05, 0) is 32.0 Å². The van der Waals surface area contributed by atoms with E-state index in [1.54, 1.807) is 6.07 Å². The number of hydrogen-bond donors (Lipinski definition) is 1. The summed E-state index contributed by atoms with van der Waals surface area (Å²) in [6, 6.07) is 4.59. The smallest absolute Gasteiger partial charge is 0.335 e. The molecular formula is C12H13NO4.